The monoisotopic (exact) mass is 456 g/mol. The summed E-state index contributed by atoms with van der Waals surface area (Å²) in [5, 5.41) is 5.33. The van der Waals surface area contributed by atoms with E-state index in [1.54, 1.807) is 12.3 Å². The fourth-order valence-electron chi connectivity index (χ4n) is 3.94. The molecule has 1 saturated heterocycles. The van der Waals surface area contributed by atoms with Crippen molar-refractivity contribution in [2.45, 2.75) is 19.3 Å². The fraction of sp³-hybridized carbons (Fsp3) is 0.333. The van der Waals surface area contributed by atoms with Crippen LogP contribution in [-0.2, 0) is 4.79 Å². The summed E-state index contributed by atoms with van der Waals surface area (Å²) in [6.07, 6.45) is 4.12. The summed E-state index contributed by atoms with van der Waals surface area (Å²) < 4.78 is 0. The molecule has 3 aromatic rings. The normalized spacial score (nSPS) is 14.7. The zero-order valence-electron chi connectivity index (χ0n) is 17.4. The van der Waals surface area contributed by atoms with Crippen LogP contribution in [0.5, 0.6) is 0 Å². The summed E-state index contributed by atoms with van der Waals surface area (Å²) in [4.78, 5) is 21.4. The Morgan fingerprint density at radius 2 is 1.71 bits per heavy atom. The SMILES string of the molecule is O=C(CCCCN1CCN(c2cc(Cl)cc(Cl)c2)CC1)Nc1cnc2ccccc2c1. The molecule has 162 valence electrons. The number of benzene rings is 2. The molecule has 1 fully saturated rings. The molecular weight excluding hydrogens is 431 g/mol. The van der Waals surface area contributed by atoms with Gasteiger partial charge in [0.15, 0.2) is 0 Å². The molecule has 0 atom stereocenters. The predicted molar refractivity (Wildman–Crippen MR) is 129 cm³/mol. The molecule has 1 aliphatic rings. The number of piperazine rings is 1. The third-order valence-corrected chi connectivity index (χ3v) is 6.02. The highest BCUT2D eigenvalue weighted by Crippen LogP contribution is 2.26. The number of nitrogens with one attached hydrogen (secondary N) is 1. The minimum atomic E-state index is 0.0414. The summed E-state index contributed by atoms with van der Waals surface area (Å²) in [5.74, 6) is 0.0414. The Bertz CT molecular complexity index is 1030. The Balaban J connectivity index is 1.16. The van der Waals surface area contributed by atoms with Gasteiger partial charge in [0.25, 0.3) is 0 Å². The third kappa shape index (κ3) is 6.10. The van der Waals surface area contributed by atoms with Gasteiger partial charge in [-0.05, 0) is 49.7 Å². The number of anilines is 2. The topological polar surface area (TPSA) is 48.5 Å². The van der Waals surface area contributed by atoms with Gasteiger partial charge < -0.3 is 10.2 Å². The average Bonchev–Trinajstić information content (AvgIpc) is 2.76. The Morgan fingerprint density at radius 1 is 0.968 bits per heavy atom. The Morgan fingerprint density at radius 3 is 2.48 bits per heavy atom. The second kappa shape index (κ2) is 10.3. The molecule has 0 spiro atoms. The highest BCUT2D eigenvalue weighted by Gasteiger charge is 2.17. The van der Waals surface area contributed by atoms with Gasteiger partial charge >= 0.3 is 0 Å². The maximum atomic E-state index is 12.3. The Hall–Kier alpha value is -2.34. The highest BCUT2D eigenvalue weighted by molar-refractivity contribution is 6.35. The molecule has 7 heteroatoms. The van der Waals surface area contributed by atoms with Crippen molar-refractivity contribution >= 4 is 51.4 Å². The van der Waals surface area contributed by atoms with E-state index in [-0.39, 0.29) is 5.91 Å². The van der Waals surface area contributed by atoms with Gasteiger partial charge in [-0.15, -0.1) is 0 Å². The van der Waals surface area contributed by atoms with Crippen LogP contribution in [0, 0.1) is 0 Å². The van der Waals surface area contributed by atoms with Gasteiger partial charge in [-0.25, -0.2) is 0 Å². The van der Waals surface area contributed by atoms with Gasteiger partial charge in [0.1, 0.15) is 0 Å². The molecular formula is C24H26Cl2N4O. The van der Waals surface area contributed by atoms with Crippen LogP contribution in [0.3, 0.4) is 0 Å². The highest BCUT2D eigenvalue weighted by atomic mass is 35.5. The first-order chi connectivity index (χ1) is 15.1. The van der Waals surface area contributed by atoms with Crippen molar-refractivity contribution in [3.05, 3.63) is 64.8 Å². The number of hydrogen-bond donors (Lipinski definition) is 1. The van der Waals surface area contributed by atoms with Gasteiger partial charge in [0, 0.05) is 53.7 Å². The molecule has 1 aliphatic heterocycles. The summed E-state index contributed by atoms with van der Waals surface area (Å²) in [6.45, 7) is 4.91. The van der Waals surface area contributed by atoms with Crippen molar-refractivity contribution in [3.8, 4) is 0 Å². The number of para-hydroxylation sites is 1. The molecule has 0 radical (unpaired) electrons. The molecule has 2 heterocycles. The molecule has 0 saturated carbocycles. The minimum Gasteiger partial charge on any atom is -0.369 e. The van der Waals surface area contributed by atoms with E-state index in [2.05, 4.69) is 20.1 Å². The van der Waals surface area contributed by atoms with Crippen LogP contribution in [0.1, 0.15) is 19.3 Å². The maximum Gasteiger partial charge on any atom is 0.224 e. The van der Waals surface area contributed by atoms with E-state index in [1.807, 2.05) is 42.5 Å². The van der Waals surface area contributed by atoms with Crippen molar-refractivity contribution in [2.24, 2.45) is 0 Å². The van der Waals surface area contributed by atoms with Crippen molar-refractivity contribution in [1.29, 1.82) is 0 Å². The fourth-order valence-corrected chi connectivity index (χ4v) is 4.45. The van der Waals surface area contributed by atoms with Gasteiger partial charge in [0.2, 0.25) is 5.91 Å². The standard InChI is InChI=1S/C24H26Cl2N4O/c25-19-14-20(26)16-22(15-19)30-11-9-29(10-12-30)8-4-3-7-24(31)28-21-13-18-5-1-2-6-23(18)27-17-21/h1-2,5-6,13-17H,3-4,7-12H2,(H,28,31). The van der Waals surface area contributed by atoms with Gasteiger partial charge in [-0.3, -0.25) is 14.7 Å². The van der Waals surface area contributed by atoms with Crippen LogP contribution in [0.25, 0.3) is 10.9 Å². The van der Waals surface area contributed by atoms with Crippen LogP contribution < -0.4 is 10.2 Å². The first kappa shape index (κ1) is 21.9. The molecule has 0 unspecified atom stereocenters. The minimum absolute atomic E-state index is 0.0414. The van der Waals surface area contributed by atoms with Gasteiger partial charge in [-0.2, -0.15) is 0 Å². The van der Waals surface area contributed by atoms with Crippen molar-refractivity contribution in [2.75, 3.05) is 42.9 Å². The van der Waals surface area contributed by atoms with E-state index >= 15 is 0 Å². The van der Waals surface area contributed by atoms with Crippen molar-refractivity contribution in [3.63, 3.8) is 0 Å². The average molecular weight is 457 g/mol. The first-order valence-electron chi connectivity index (χ1n) is 10.6. The molecule has 0 aliphatic carbocycles. The summed E-state index contributed by atoms with van der Waals surface area (Å²) in [6, 6.07) is 15.5. The second-order valence-corrected chi connectivity index (χ2v) is 8.75. The number of amides is 1. The van der Waals surface area contributed by atoms with Crippen LogP contribution >= 0.6 is 23.2 Å². The lowest BCUT2D eigenvalue weighted by molar-refractivity contribution is -0.116. The summed E-state index contributed by atoms with van der Waals surface area (Å²) in [7, 11) is 0. The zero-order chi connectivity index (χ0) is 21.6. The lowest BCUT2D eigenvalue weighted by Crippen LogP contribution is -2.46. The van der Waals surface area contributed by atoms with Crippen LogP contribution in [0.4, 0.5) is 11.4 Å². The van der Waals surface area contributed by atoms with E-state index in [0.29, 0.717) is 16.5 Å². The van der Waals surface area contributed by atoms with Crippen molar-refractivity contribution in [1.82, 2.24) is 9.88 Å². The predicted octanol–water partition coefficient (Wildman–Crippen LogP) is 5.47. The summed E-state index contributed by atoms with van der Waals surface area (Å²) >= 11 is 12.3. The molecule has 2 aromatic carbocycles. The number of aromatic nitrogens is 1. The molecule has 5 nitrogen and oxygen atoms in total. The lowest BCUT2D eigenvalue weighted by Gasteiger charge is -2.36. The Labute approximate surface area is 193 Å². The van der Waals surface area contributed by atoms with E-state index in [1.165, 1.54) is 0 Å². The first-order valence-corrected chi connectivity index (χ1v) is 11.4. The van der Waals surface area contributed by atoms with Crippen LogP contribution in [-0.4, -0.2) is 48.5 Å². The number of carbonyl (C=O) groups is 1. The number of hydrogen-bond acceptors (Lipinski definition) is 4. The maximum absolute atomic E-state index is 12.3. The quantitative estimate of drug-likeness (QED) is 0.478. The number of unbranched alkanes of at least 4 members (excludes halogenated alkanes) is 1. The van der Waals surface area contributed by atoms with Gasteiger partial charge in [0.05, 0.1) is 17.4 Å². The van der Waals surface area contributed by atoms with E-state index in [0.717, 1.165) is 67.8 Å². The molecule has 1 N–H and O–H groups in total. The molecule has 1 amide bonds. The van der Waals surface area contributed by atoms with E-state index in [9.17, 15) is 4.79 Å². The molecule has 31 heavy (non-hydrogen) atoms. The molecule has 0 bridgehead atoms. The van der Waals surface area contributed by atoms with Gasteiger partial charge in [-0.1, -0.05) is 41.4 Å². The van der Waals surface area contributed by atoms with Crippen LogP contribution in [0.15, 0.2) is 54.7 Å². The number of halogens is 2. The third-order valence-electron chi connectivity index (χ3n) is 5.59. The number of carbonyl (C=O) groups excluding carboxylic acids is 1. The lowest BCUT2D eigenvalue weighted by atomic mass is 10.2. The molecule has 4 rings (SSSR count). The Kier molecular flexibility index (Phi) is 7.28. The van der Waals surface area contributed by atoms with E-state index < -0.39 is 0 Å². The largest absolute Gasteiger partial charge is 0.369 e. The summed E-state index contributed by atoms with van der Waals surface area (Å²) in [5.41, 5.74) is 2.76. The number of nitrogens with zero attached hydrogens (tertiary/aromatic N) is 3. The second-order valence-electron chi connectivity index (χ2n) is 7.88. The smallest absolute Gasteiger partial charge is 0.224 e. The number of fused-ring (bicyclic) bond motifs is 1. The molecule has 1 aromatic heterocycles. The van der Waals surface area contributed by atoms with E-state index in [4.69, 9.17) is 23.2 Å². The number of pyridine rings is 1. The van der Waals surface area contributed by atoms with Crippen LogP contribution in [0.2, 0.25) is 10.0 Å². The number of rotatable bonds is 7. The zero-order valence-corrected chi connectivity index (χ0v) is 18.9. The van der Waals surface area contributed by atoms with Crippen molar-refractivity contribution < 1.29 is 4.79 Å².